The standard InChI is InChI=1S/C20H19NO5/c22-19(23)15-25-18-11-9-16(10-12-18)6-4-5-13-21-20(24)26-14-17-7-2-1-3-8-17/h1-3,7-12H,5,13-15H2,(H,21,24)(H,22,23). The summed E-state index contributed by atoms with van der Waals surface area (Å²) >= 11 is 0. The molecule has 0 saturated carbocycles. The number of rotatable bonds is 7. The molecule has 2 aromatic carbocycles. The van der Waals surface area contributed by atoms with Crippen molar-refractivity contribution in [2.75, 3.05) is 13.2 Å². The van der Waals surface area contributed by atoms with Crippen LogP contribution in [-0.4, -0.2) is 30.3 Å². The van der Waals surface area contributed by atoms with Crippen LogP contribution in [0.4, 0.5) is 4.79 Å². The maximum Gasteiger partial charge on any atom is 0.407 e. The van der Waals surface area contributed by atoms with E-state index in [-0.39, 0.29) is 13.2 Å². The van der Waals surface area contributed by atoms with Crippen LogP contribution in [0, 0.1) is 11.8 Å². The number of ether oxygens (including phenoxy) is 2. The van der Waals surface area contributed by atoms with Gasteiger partial charge >= 0.3 is 12.1 Å². The van der Waals surface area contributed by atoms with Crippen molar-refractivity contribution in [3.05, 3.63) is 65.7 Å². The Hall–Kier alpha value is -3.46. The summed E-state index contributed by atoms with van der Waals surface area (Å²) in [6.07, 6.45) is 0.00752. The molecule has 0 bridgehead atoms. The number of nitrogens with one attached hydrogen (secondary N) is 1. The highest BCUT2D eigenvalue weighted by Gasteiger charge is 2.01. The zero-order chi connectivity index (χ0) is 18.6. The van der Waals surface area contributed by atoms with Gasteiger partial charge in [0.25, 0.3) is 0 Å². The van der Waals surface area contributed by atoms with Gasteiger partial charge in [-0.3, -0.25) is 0 Å². The lowest BCUT2D eigenvalue weighted by Crippen LogP contribution is -2.24. The first-order valence-electron chi connectivity index (χ1n) is 8.01. The van der Waals surface area contributed by atoms with E-state index < -0.39 is 12.1 Å². The van der Waals surface area contributed by atoms with Crippen LogP contribution in [0.1, 0.15) is 17.5 Å². The van der Waals surface area contributed by atoms with Crippen molar-refractivity contribution in [3.8, 4) is 17.6 Å². The number of alkyl carbamates (subject to hydrolysis) is 1. The Labute approximate surface area is 151 Å². The van der Waals surface area contributed by atoms with Crippen LogP contribution in [0.3, 0.4) is 0 Å². The van der Waals surface area contributed by atoms with Crippen LogP contribution in [0.15, 0.2) is 54.6 Å². The predicted molar refractivity (Wildman–Crippen MR) is 95.7 cm³/mol. The van der Waals surface area contributed by atoms with Gasteiger partial charge in [0.15, 0.2) is 6.61 Å². The van der Waals surface area contributed by atoms with E-state index in [2.05, 4.69) is 17.2 Å². The minimum atomic E-state index is -1.02. The van der Waals surface area contributed by atoms with Gasteiger partial charge in [-0.1, -0.05) is 42.2 Å². The van der Waals surface area contributed by atoms with Crippen molar-refractivity contribution in [1.82, 2.24) is 5.32 Å². The van der Waals surface area contributed by atoms with Gasteiger partial charge in [-0.2, -0.15) is 0 Å². The first-order chi connectivity index (χ1) is 12.6. The molecule has 0 aliphatic rings. The Balaban J connectivity index is 1.65. The third-order valence-electron chi connectivity index (χ3n) is 3.18. The molecule has 0 spiro atoms. The normalized spacial score (nSPS) is 9.54. The maximum atomic E-state index is 11.6. The van der Waals surface area contributed by atoms with Crippen molar-refractivity contribution in [2.24, 2.45) is 0 Å². The molecule has 0 aliphatic carbocycles. The van der Waals surface area contributed by atoms with Crippen molar-refractivity contribution >= 4 is 12.1 Å². The minimum absolute atomic E-state index is 0.231. The molecule has 6 nitrogen and oxygen atoms in total. The van der Waals surface area contributed by atoms with Crippen molar-refractivity contribution in [3.63, 3.8) is 0 Å². The third-order valence-corrected chi connectivity index (χ3v) is 3.18. The molecule has 1 amide bonds. The fraction of sp³-hybridized carbons (Fsp3) is 0.200. The number of carbonyl (C=O) groups is 2. The fourth-order valence-electron chi connectivity index (χ4n) is 1.95. The molecule has 0 atom stereocenters. The fourth-order valence-corrected chi connectivity index (χ4v) is 1.95. The molecule has 0 unspecified atom stereocenters. The summed E-state index contributed by atoms with van der Waals surface area (Å²) in [4.78, 5) is 22.0. The first kappa shape index (κ1) is 18.9. The van der Waals surface area contributed by atoms with E-state index in [1.54, 1.807) is 24.3 Å². The van der Waals surface area contributed by atoms with Gasteiger partial charge in [0.1, 0.15) is 12.4 Å². The van der Waals surface area contributed by atoms with E-state index in [9.17, 15) is 9.59 Å². The lowest BCUT2D eigenvalue weighted by atomic mass is 10.2. The molecule has 0 fully saturated rings. The maximum absolute atomic E-state index is 11.6. The Morgan fingerprint density at radius 3 is 2.46 bits per heavy atom. The average molecular weight is 353 g/mol. The smallest absolute Gasteiger partial charge is 0.407 e. The van der Waals surface area contributed by atoms with Gasteiger partial charge in [0.2, 0.25) is 0 Å². The molecule has 2 N–H and O–H groups in total. The monoisotopic (exact) mass is 353 g/mol. The minimum Gasteiger partial charge on any atom is -0.482 e. The summed E-state index contributed by atoms with van der Waals surface area (Å²) in [6.45, 7) is 0.242. The molecule has 0 saturated heterocycles. The summed E-state index contributed by atoms with van der Waals surface area (Å²) in [5, 5.41) is 11.2. The molecule has 2 rings (SSSR count). The van der Waals surface area contributed by atoms with Gasteiger partial charge < -0.3 is 19.9 Å². The van der Waals surface area contributed by atoms with E-state index in [1.165, 1.54) is 0 Å². The lowest BCUT2D eigenvalue weighted by Gasteiger charge is -2.05. The topological polar surface area (TPSA) is 84.9 Å². The summed E-state index contributed by atoms with van der Waals surface area (Å²) in [6, 6.07) is 16.2. The largest absolute Gasteiger partial charge is 0.482 e. The van der Waals surface area contributed by atoms with E-state index in [4.69, 9.17) is 14.6 Å². The van der Waals surface area contributed by atoms with Crippen LogP contribution in [0.25, 0.3) is 0 Å². The second-order valence-electron chi connectivity index (χ2n) is 5.25. The van der Waals surface area contributed by atoms with E-state index in [1.807, 2.05) is 30.3 Å². The highest BCUT2D eigenvalue weighted by atomic mass is 16.5. The second-order valence-corrected chi connectivity index (χ2v) is 5.25. The summed E-state index contributed by atoms with van der Waals surface area (Å²) in [7, 11) is 0. The number of benzene rings is 2. The molecule has 0 aliphatic heterocycles. The lowest BCUT2D eigenvalue weighted by molar-refractivity contribution is -0.139. The van der Waals surface area contributed by atoms with Crippen LogP contribution in [0.5, 0.6) is 5.75 Å². The third kappa shape index (κ3) is 7.41. The molecule has 2 aromatic rings. The Morgan fingerprint density at radius 1 is 1.04 bits per heavy atom. The molecular formula is C20H19NO5. The van der Waals surface area contributed by atoms with Gasteiger partial charge in [0.05, 0.1) is 0 Å². The van der Waals surface area contributed by atoms with Gasteiger partial charge in [0, 0.05) is 18.5 Å². The summed E-state index contributed by atoms with van der Waals surface area (Å²) < 4.78 is 10.1. The van der Waals surface area contributed by atoms with E-state index in [0.717, 1.165) is 11.1 Å². The Bertz CT molecular complexity index is 775. The summed E-state index contributed by atoms with van der Waals surface area (Å²) in [5.41, 5.74) is 1.71. The first-order valence-corrected chi connectivity index (χ1v) is 8.01. The average Bonchev–Trinajstić information content (AvgIpc) is 2.66. The SMILES string of the molecule is O=C(O)COc1ccc(C#CCCNC(=O)OCc2ccccc2)cc1. The zero-order valence-corrected chi connectivity index (χ0v) is 14.1. The quantitative estimate of drug-likeness (QED) is 0.591. The van der Waals surface area contributed by atoms with Crippen molar-refractivity contribution in [2.45, 2.75) is 13.0 Å². The molecule has 6 heteroatoms. The van der Waals surface area contributed by atoms with Crippen LogP contribution in [0.2, 0.25) is 0 Å². The van der Waals surface area contributed by atoms with E-state index in [0.29, 0.717) is 18.7 Å². The van der Waals surface area contributed by atoms with Crippen LogP contribution < -0.4 is 10.1 Å². The second kappa shape index (κ2) is 10.4. The number of hydrogen-bond donors (Lipinski definition) is 2. The van der Waals surface area contributed by atoms with Gasteiger partial charge in [-0.25, -0.2) is 9.59 Å². The van der Waals surface area contributed by atoms with Crippen LogP contribution >= 0.6 is 0 Å². The molecule has 0 radical (unpaired) electrons. The summed E-state index contributed by atoms with van der Waals surface area (Å²) in [5.74, 6) is 5.35. The Kier molecular flexibility index (Phi) is 7.56. The molecule has 0 heterocycles. The predicted octanol–water partition coefficient (Wildman–Crippen LogP) is 2.82. The number of carbonyl (C=O) groups excluding carboxylic acids is 1. The number of carboxylic acid groups (broad SMARTS) is 1. The molecule has 26 heavy (non-hydrogen) atoms. The number of amides is 1. The number of hydrogen-bond acceptors (Lipinski definition) is 4. The Morgan fingerprint density at radius 2 is 1.77 bits per heavy atom. The van der Waals surface area contributed by atoms with Crippen LogP contribution in [-0.2, 0) is 16.1 Å². The van der Waals surface area contributed by atoms with Gasteiger partial charge in [-0.05, 0) is 29.8 Å². The highest BCUT2D eigenvalue weighted by Crippen LogP contribution is 2.11. The molecule has 0 aromatic heterocycles. The van der Waals surface area contributed by atoms with E-state index >= 15 is 0 Å². The van der Waals surface area contributed by atoms with Crippen molar-refractivity contribution in [1.29, 1.82) is 0 Å². The molecule has 134 valence electrons. The van der Waals surface area contributed by atoms with Crippen molar-refractivity contribution < 1.29 is 24.2 Å². The van der Waals surface area contributed by atoms with Gasteiger partial charge in [-0.15, -0.1) is 0 Å². The number of carboxylic acids is 1. The molecular weight excluding hydrogens is 334 g/mol. The number of aliphatic carboxylic acids is 1. The highest BCUT2D eigenvalue weighted by molar-refractivity contribution is 5.68. The zero-order valence-electron chi connectivity index (χ0n) is 14.1.